The molecule has 3 aromatic carbocycles. The summed E-state index contributed by atoms with van der Waals surface area (Å²) in [5.74, 6) is -0.449. The second-order valence-electron chi connectivity index (χ2n) is 11.4. The van der Waals surface area contributed by atoms with E-state index in [1.165, 1.54) is 10.6 Å². The van der Waals surface area contributed by atoms with Gasteiger partial charge >= 0.3 is 0 Å². The van der Waals surface area contributed by atoms with Crippen molar-refractivity contribution >= 4 is 43.5 Å². The number of anilines is 1. The first kappa shape index (κ1) is 32.3. The zero-order valence-corrected chi connectivity index (χ0v) is 26.8. The maximum atomic E-state index is 13.9. The van der Waals surface area contributed by atoms with Gasteiger partial charge in [0.2, 0.25) is 21.8 Å². The van der Waals surface area contributed by atoms with Crippen molar-refractivity contribution < 1.29 is 18.0 Å². The van der Waals surface area contributed by atoms with E-state index in [1.807, 2.05) is 100 Å². The zero-order chi connectivity index (χ0) is 30.2. The molecule has 220 valence electrons. The Morgan fingerprint density at radius 1 is 0.927 bits per heavy atom. The Balaban J connectivity index is 1.90. The van der Waals surface area contributed by atoms with Crippen molar-refractivity contribution in [3.8, 4) is 0 Å². The molecule has 41 heavy (non-hydrogen) atoms. The molecule has 0 aliphatic heterocycles. The minimum atomic E-state index is -3.56. The average Bonchev–Trinajstić information content (AvgIpc) is 2.87. The van der Waals surface area contributed by atoms with Crippen LogP contribution in [0, 0.1) is 6.92 Å². The molecular weight excluding hydrogens is 602 g/mol. The van der Waals surface area contributed by atoms with Gasteiger partial charge < -0.3 is 10.2 Å². The van der Waals surface area contributed by atoms with Gasteiger partial charge in [-0.3, -0.25) is 13.9 Å². The highest BCUT2D eigenvalue weighted by molar-refractivity contribution is 9.10. The lowest BCUT2D eigenvalue weighted by Gasteiger charge is -2.34. The Hall–Kier alpha value is -3.17. The summed E-state index contributed by atoms with van der Waals surface area (Å²) in [6, 6.07) is 23.8. The molecule has 1 N–H and O–H groups in total. The number of rotatable bonds is 12. The third-order valence-corrected chi connectivity index (χ3v) is 8.14. The molecule has 0 unspecified atom stereocenters. The van der Waals surface area contributed by atoms with Crippen molar-refractivity contribution in [2.45, 2.75) is 65.1 Å². The van der Waals surface area contributed by atoms with Crippen LogP contribution in [0.3, 0.4) is 0 Å². The second kappa shape index (κ2) is 14.1. The molecule has 3 rings (SSSR count). The number of carbonyl (C=O) groups excluding carboxylic acids is 2. The van der Waals surface area contributed by atoms with Crippen LogP contribution in [-0.2, 0) is 32.6 Å². The van der Waals surface area contributed by atoms with Crippen LogP contribution in [0.25, 0.3) is 0 Å². The summed E-state index contributed by atoms with van der Waals surface area (Å²) in [6.07, 6.45) is 1.90. The van der Waals surface area contributed by atoms with Crippen molar-refractivity contribution in [2.75, 3.05) is 17.1 Å². The SMILES string of the molecule is Cc1cccc(N(CCCC(=O)N(Cc2cccc(Br)c2)[C@@H](Cc2ccccc2)C(=O)NC(C)(C)C)S(C)(=O)=O)c1. The normalized spacial score (nSPS) is 12.4. The van der Waals surface area contributed by atoms with E-state index in [1.54, 1.807) is 11.0 Å². The summed E-state index contributed by atoms with van der Waals surface area (Å²) in [5, 5.41) is 3.06. The quantitative estimate of drug-likeness (QED) is 0.268. The molecule has 0 aliphatic carbocycles. The molecule has 0 bridgehead atoms. The highest BCUT2D eigenvalue weighted by Gasteiger charge is 2.32. The molecule has 1 atom stereocenters. The fraction of sp³-hybridized carbons (Fsp3) is 0.375. The maximum absolute atomic E-state index is 13.9. The lowest BCUT2D eigenvalue weighted by molar-refractivity contribution is -0.142. The molecule has 3 aromatic rings. The van der Waals surface area contributed by atoms with Crippen LogP contribution in [0.1, 0.15) is 50.3 Å². The van der Waals surface area contributed by atoms with Gasteiger partial charge in [-0.1, -0.05) is 70.5 Å². The smallest absolute Gasteiger partial charge is 0.243 e. The number of sulfonamides is 1. The Kier molecular flexibility index (Phi) is 11.2. The highest BCUT2D eigenvalue weighted by Crippen LogP contribution is 2.22. The molecule has 9 heteroatoms. The minimum absolute atomic E-state index is 0.0833. The van der Waals surface area contributed by atoms with Crippen LogP contribution in [0.2, 0.25) is 0 Å². The van der Waals surface area contributed by atoms with Crippen LogP contribution in [0.4, 0.5) is 5.69 Å². The van der Waals surface area contributed by atoms with E-state index in [0.29, 0.717) is 18.5 Å². The number of halogens is 1. The first-order chi connectivity index (χ1) is 19.2. The first-order valence-corrected chi connectivity index (χ1v) is 16.3. The van der Waals surface area contributed by atoms with Gasteiger partial charge in [-0.15, -0.1) is 0 Å². The number of aryl methyl sites for hydroxylation is 1. The third kappa shape index (κ3) is 10.3. The van der Waals surface area contributed by atoms with Crippen molar-refractivity contribution in [2.24, 2.45) is 0 Å². The molecule has 0 fully saturated rings. The molecule has 0 saturated heterocycles. The van der Waals surface area contributed by atoms with Crippen molar-refractivity contribution in [3.05, 3.63) is 100 Å². The van der Waals surface area contributed by atoms with Crippen LogP contribution in [0.5, 0.6) is 0 Å². The zero-order valence-electron chi connectivity index (χ0n) is 24.4. The van der Waals surface area contributed by atoms with Crippen LogP contribution in [-0.4, -0.2) is 49.5 Å². The molecular formula is C32H40BrN3O4S. The van der Waals surface area contributed by atoms with Gasteiger partial charge in [0.1, 0.15) is 6.04 Å². The Bertz CT molecular complexity index is 1440. The fourth-order valence-electron chi connectivity index (χ4n) is 4.63. The lowest BCUT2D eigenvalue weighted by atomic mass is 10.00. The fourth-order valence-corrected chi connectivity index (χ4v) is 6.03. The number of hydrogen-bond acceptors (Lipinski definition) is 4. The van der Waals surface area contributed by atoms with Crippen LogP contribution in [0.15, 0.2) is 83.3 Å². The summed E-state index contributed by atoms with van der Waals surface area (Å²) in [7, 11) is -3.56. The van der Waals surface area contributed by atoms with Gasteiger partial charge in [0, 0.05) is 35.9 Å². The summed E-state index contributed by atoms with van der Waals surface area (Å²) in [5.41, 5.74) is 2.85. The Labute approximate surface area is 253 Å². The van der Waals surface area contributed by atoms with Crippen molar-refractivity contribution in [1.29, 1.82) is 0 Å². The van der Waals surface area contributed by atoms with Crippen molar-refractivity contribution in [1.82, 2.24) is 10.2 Å². The number of amides is 2. The van der Waals surface area contributed by atoms with E-state index in [2.05, 4.69) is 21.2 Å². The molecule has 7 nitrogen and oxygen atoms in total. The van der Waals surface area contributed by atoms with Crippen LogP contribution < -0.4 is 9.62 Å². The number of benzene rings is 3. The monoisotopic (exact) mass is 641 g/mol. The number of carbonyl (C=O) groups is 2. The van der Waals surface area contributed by atoms with Gasteiger partial charge in [-0.25, -0.2) is 8.42 Å². The number of nitrogens with one attached hydrogen (secondary N) is 1. The maximum Gasteiger partial charge on any atom is 0.243 e. The topological polar surface area (TPSA) is 86.8 Å². The highest BCUT2D eigenvalue weighted by atomic mass is 79.9. The average molecular weight is 643 g/mol. The lowest BCUT2D eigenvalue weighted by Crippen LogP contribution is -2.54. The summed E-state index contributed by atoms with van der Waals surface area (Å²) < 4.78 is 27.5. The number of hydrogen-bond donors (Lipinski definition) is 1. The van der Waals surface area contributed by atoms with E-state index in [9.17, 15) is 18.0 Å². The predicted octanol–water partition coefficient (Wildman–Crippen LogP) is 5.86. The first-order valence-electron chi connectivity index (χ1n) is 13.7. The molecule has 0 radical (unpaired) electrons. The predicted molar refractivity (Wildman–Crippen MR) is 169 cm³/mol. The molecule has 2 amide bonds. The summed E-state index contributed by atoms with van der Waals surface area (Å²) in [4.78, 5) is 29.2. The van der Waals surface area contributed by atoms with Gasteiger partial charge in [0.15, 0.2) is 0 Å². The van der Waals surface area contributed by atoms with Crippen LogP contribution >= 0.6 is 15.9 Å². The second-order valence-corrected chi connectivity index (χ2v) is 14.2. The van der Waals surface area contributed by atoms with E-state index in [0.717, 1.165) is 21.2 Å². The molecule has 0 spiro atoms. The summed E-state index contributed by atoms with van der Waals surface area (Å²) >= 11 is 3.51. The largest absolute Gasteiger partial charge is 0.350 e. The Morgan fingerprint density at radius 3 is 2.20 bits per heavy atom. The van der Waals surface area contributed by atoms with Gasteiger partial charge in [-0.2, -0.15) is 0 Å². The van der Waals surface area contributed by atoms with Gasteiger partial charge in [-0.05, 0) is 75.1 Å². The van der Waals surface area contributed by atoms with E-state index >= 15 is 0 Å². The Morgan fingerprint density at radius 2 is 1.59 bits per heavy atom. The molecule has 0 heterocycles. The minimum Gasteiger partial charge on any atom is -0.350 e. The molecule has 0 aromatic heterocycles. The van der Waals surface area contributed by atoms with E-state index in [-0.39, 0.29) is 31.3 Å². The number of nitrogens with zero attached hydrogens (tertiary/aromatic N) is 2. The van der Waals surface area contributed by atoms with Gasteiger partial charge in [0.25, 0.3) is 0 Å². The van der Waals surface area contributed by atoms with Crippen molar-refractivity contribution in [3.63, 3.8) is 0 Å². The third-order valence-electron chi connectivity index (χ3n) is 6.45. The van der Waals surface area contributed by atoms with E-state index in [4.69, 9.17) is 0 Å². The summed E-state index contributed by atoms with van der Waals surface area (Å²) in [6.45, 7) is 8.03. The molecule has 0 saturated carbocycles. The van der Waals surface area contributed by atoms with E-state index < -0.39 is 21.6 Å². The van der Waals surface area contributed by atoms with Gasteiger partial charge in [0.05, 0.1) is 11.9 Å². The molecule has 0 aliphatic rings. The standard InChI is InChI=1S/C32H40BrN3O4S/c1-24-12-9-17-28(20-24)36(41(5,39)40)19-11-18-30(37)35(23-26-15-10-16-27(33)21-26)29(31(38)34-32(2,3)4)22-25-13-7-6-8-14-25/h6-10,12-17,20-21,29H,11,18-19,22-23H2,1-5H3,(H,34,38)/t29-/m0/s1.